The van der Waals surface area contributed by atoms with Crippen LogP contribution in [0.5, 0.6) is 5.75 Å². The highest BCUT2D eigenvalue weighted by molar-refractivity contribution is 9.10. The average molecular weight is 416 g/mol. The predicted molar refractivity (Wildman–Crippen MR) is 100 cm³/mol. The summed E-state index contributed by atoms with van der Waals surface area (Å²) in [4.78, 5) is 12.2. The molecule has 0 aliphatic rings. The third-order valence-electron chi connectivity index (χ3n) is 3.70. The number of aryl methyl sites for hydroxylation is 1. The lowest BCUT2D eigenvalue weighted by molar-refractivity contribution is -0.123. The largest absolute Gasteiger partial charge is 0.484 e. The van der Waals surface area contributed by atoms with Gasteiger partial charge in [-0.3, -0.25) is 4.79 Å². The molecule has 0 bridgehead atoms. The Kier molecular flexibility index (Phi) is 5.62. The molecule has 0 radical (unpaired) electrons. The van der Waals surface area contributed by atoms with Gasteiger partial charge in [-0.1, -0.05) is 39.7 Å². The number of aromatic nitrogens is 4. The Labute approximate surface area is 159 Å². The molecule has 7 nitrogen and oxygen atoms in total. The van der Waals surface area contributed by atoms with Crippen molar-refractivity contribution >= 4 is 21.8 Å². The van der Waals surface area contributed by atoms with Crippen molar-refractivity contribution in [3.05, 3.63) is 64.4 Å². The molecule has 0 saturated carbocycles. The molecule has 26 heavy (non-hydrogen) atoms. The Morgan fingerprint density at radius 1 is 1.27 bits per heavy atom. The van der Waals surface area contributed by atoms with Crippen molar-refractivity contribution in [1.29, 1.82) is 0 Å². The molecule has 1 aromatic heterocycles. The second kappa shape index (κ2) is 8.09. The third-order valence-corrected chi connectivity index (χ3v) is 4.20. The van der Waals surface area contributed by atoms with Crippen molar-refractivity contribution < 1.29 is 9.53 Å². The fourth-order valence-electron chi connectivity index (χ4n) is 2.39. The molecule has 0 fully saturated rings. The smallest absolute Gasteiger partial charge is 0.258 e. The molecule has 1 atom stereocenters. The molecule has 0 spiro atoms. The molecule has 1 heterocycles. The summed E-state index contributed by atoms with van der Waals surface area (Å²) in [6.45, 7) is 3.74. The van der Waals surface area contributed by atoms with Crippen LogP contribution in [0.1, 0.15) is 24.4 Å². The van der Waals surface area contributed by atoms with Gasteiger partial charge in [0.15, 0.2) is 12.4 Å². The topological polar surface area (TPSA) is 81.9 Å². The number of nitrogens with zero attached hydrogens (tertiary/aromatic N) is 4. The van der Waals surface area contributed by atoms with Crippen LogP contribution in [0.4, 0.5) is 0 Å². The minimum Gasteiger partial charge on any atom is -0.484 e. The summed E-state index contributed by atoms with van der Waals surface area (Å²) in [7, 11) is 0. The van der Waals surface area contributed by atoms with Gasteiger partial charge in [0.05, 0.1) is 11.7 Å². The fourth-order valence-corrected chi connectivity index (χ4v) is 2.77. The van der Waals surface area contributed by atoms with Gasteiger partial charge in [0.2, 0.25) is 0 Å². The molecule has 1 amide bonds. The Balaban J connectivity index is 1.63. The van der Waals surface area contributed by atoms with Crippen molar-refractivity contribution in [3.8, 4) is 11.4 Å². The van der Waals surface area contributed by atoms with Crippen LogP contribution in [-0.2, 0) is 4.79 Å². The minimum absolute atomic E-state index is 0.0775. The van der Waals surface area contributed by atoms with Crippen LogP contribution >= 0.6 is 15.9 Å². The summed E-state index contributed by atoms with van der Waals surface area (Å²) < 4.78 is 8.01. The average Bonchev–Trinajstić information content (AvgIpc) is 3.11. The molecule has 1 unspecified atom stereocenters. The van der Waals surface area contributed by atoms with Crippen LogP contribution in [-0.4, -0.2) is 32.7 Å². The first-order chi connectivity index (χ1) is 12.5. The third kappa shape index (κ3) is 4.45. The number of nitrogens with one attached hydrogen (secondary N) is 1. The first-order valence-corrected chi connectivity index (χ1v) is 8.85. The zero-order valence-electron chi connectivity index (χ0n) is 14.4. The quantitative estimate of drug-likeness (QED) is 0.668. The summed E-state index contributed by atoms with van der Waals surface area (Å²) >= 11 is 3.43. The number of amides is 1. The lowest BCUT2D eigenvalue weighted by Crippen LogP contribution is -2.32. The number of carbonyl (C=O) groups excluding carboxylic acids is 1. The lowest BCUT2D eigenvalue weighted by Gasteiger charge is -2.14. The maximum Gasteiger partial charge on any atom is 0.258 e. The Morgan fingerprint density at radius 3 is 2.77 bits per heavy atom. The zero-order chi connectivity index (χ0) is 18.5. The maximum absolute atomic E-state index is 12.2. The number of ether oxygens (including phenoxy) is 1. The van der Waals surface area contributed by atoms with Crippen LogP contribution in [0.2, 0.25) is 0 Å². The monoisotopic (exact) mass is 415 g/mol. The molecule has 1 N–H and O–H groups in total. The minimum atomic E-state index is -0.377. The first-order valence-electron chi connectivity index (χ1n) is 8.06. The van der Waals surface area contributed by atoms with Crippen LogP contribution in [0.3, 0.4) is 0 Å². The van der Waals surface area contributed by atoms with Gasteiger partial charge in [0.1, 0.15) is 5.75 Å². The molecule has 0 aliphatic heterocycles. The standard InChI is InChI=1S/C18H18BrN5O2/c1-12-6-8-16(9-7-12)26-11-17(25)20-13(2)18-21-22-23-24(18)15-5-3-4-14(19)10-15/h3-10,13H,11H2,1-2H3,(H,20,25). The van der Waals surface area contributed by atoms with Gasteiger partial charge >= 0.3 is 0 Å². The van der Waals surface area contributed by atoms with Crippen LogP contribution in [0.25, 0.3) is 5.69 Å². The second-order valence-corrected chi connectivity index (χ2v) is 6.74. The van der Waals surface area contributed by atoms with Crippen molar-refractivity contribution in [2.24, 2.45) is 0 Å². The number of tetrazole rings is 1. The summed E-state index contributed by atoms with van der Waals surface area (Å²) in [5.41, 5.74) is 1.94. The van der Waals surface area contributed by atoms with Gasteiger partial charge in [-0.15, -0.1) is 5.10 Å². The molecule has 0 saturated heterocycles. The van der Waals surface area contributed by atoms with Gasteiger partial charge in [-0.2, -0.15) is 4.68 Å². The number of hydrogen-bond acceptors (Lipinski definition) is 5. The van der Waals surface area contributed by atoms with Gasteiger partial charge in [-0.05, 0) is 54.6 Å². The lowest BCUT2D eigenvalue weighted by atomic mass is 10.2. The molecular formula is C18H18BrN5O2. The summed E-state index contributed by atoms with van der Waals surface area (Å²) in [5, 5.41) is 14.6. The van der Waals surface area contributed by atoms with E-state index in [-0.39, 0.29) is 18.6 Å². The van der Waals surface area contributed by atoms with Crippen molar-refractivity contribution in [2.45, 2.75) is 19.9 Å². The maximum atomic E-state index is 12.2. The SMILES string of the molecule is Cc1ccc(OCC(=O)NC(C)c2nnnn2-c2cccc(Br)c2)cc1. The molecule has 134 valence electrons. The molecule has 3 aromatic rings. The molecule has 2 aromatic carbocycles. The molecular weight excluding hydrogens is 398 g/mol. The summed E-state index contributed by atoms with van der Waals surface area (Å²) in [6.07, 6.45) is 0. The van der Waals surface area contributed by atoms with Crippen LogP contribution in [0, 0.1) is 6.92 Å². The highest BCUT2D eigenvalue weighted by atomic mass is 79.9. The molecule has 8 heteroatoms. The van der Waals surface area contributed by atoms with E-state index in [0.29, 0.717) is 11.6 Å². The Hall–Kier alpha value is -2.74. The van der Waals surface area contributed by atoms with Crippen LogP contribution in [0.15, 0.2) is 53.0 Å². The van der Waals surface area contributed by atoms with E-state index in [4.69, 9.17) is 4.74 Å². The normalized spacial score (nSPS) is 11.8. The van der Waals surface area contributed by atoms with E-state index < -0.39 is 0 Å². The Bertz CT molecular complexity index is 895. The van der Waals surface area contributed by atoms with E-state index in [9.17, 15) is 4.79 Å². The summed E-state index contributed by atoms with van der Waals surface area (Å²) in [6, 6.07) is 14.8. The highest BCUT2D eigenvalue weighted by Gasteiger charge is 2.18. The first kappa shape index (κ1) is 18.1. The fraction of sp³-hybridized carbons (Fsp3) is 0.222. The van der Waals surface area contributed by atoms with E-state index in [1.165, 1.54) is 0 Å². The predicted octanol–water partition coefficient (Wildman–Crippen LogP) is 2.99. The number of carbonyl (C=O) groups is 1. The van der Waals surface area contributed by atoms with E-state index in [2.05, 4.69) is 36.8 Å². The molecule has 0 aliphatic carbocycles. The van der Waals surface area contributed by atoms with Gasteiger partial charge in [0, 0.05) is 4.47 Å². The second-order valence-electron chi connectivity index (χ2n) is 5.82. The van der Waals surface area contributed by atoms with E-state index in [0.717, 1.165) is 15.7 Å². The number of hydrogen-bond donors (Lipinski definition) is 1. The van der Waals surface area contributed by atoms with Gasteiger partial charge < -0.3 is 10.1 Å². The number of halogens is 1. The molecule has 3 rings (SSSR count). The number of rotatable bonds is 6. The van der Waals surface area contributed by atoms with Crippen molar-refractivity contribution in [3.63, 3.8) is 0 Å². The van der Waals surface area contributed by atoms with E-state index in [1.54, 1.807) is 4.68 Å². The highest BCUT2D eigenvalue weighted by Crippen LogP contribution is 2.18. The number of benzene rings is 2. The van der Waals surface area contributed by atoms with Crippen molar-refractivity contribution in [2.75, 3.05) is 6.61 Å². The summed E-state index contributed by atoms with van der Waals surface area (Å²) in [5.74, 6) is 0.936. The van der Waals surface area contributed by atoms with Crippen LogP contribution < -0.4 is 10.1 Å². The van der Waals surface area contributed by atoms with Gasteiger partial charge in [0.25, 0.3) is 5.91 Å². The van der Waals surface area contributed by atoms with E-state index in [1.807, 2.05) is 62.4 Å². The Morgan fingerprint density at radius 2 is 2.04 bits per heavy atom. The zero-order valence-corrected chi connectivity index (χ0v) is 16.0. The van der Waals surface area contributed by atoms with Gasteiger partial charge in [-0.25, -0.2) is 0 Å². The van der Waals surface area contributed by atoms with Crippen molar-refractivity contribution in [1.82, 2.24) is 25.5 Å². The van der Waals surface area contributed by atoms with E-state index >= 15 is 0 Å².